The Morgan fingerprint density at radius 1 is 1.00 bits per heavy atom. The minimum absolute atomic E-state index is 0.242. The first kappa shape index (κ1) is 19.5. The largest absolute Gasteiger partial charge is 0.497 e. The predicted molar refractivity (Wildman–Crippen MR) is 114 cm³/mol. The van der Waals surface area contributed by atoms with Crippen LogP contribution in [0.25, 0.3) is 11.1 Å². The van der Waals surface area contributed by atoms with Crippen LogP contribution < -0.4 is 14.8 Å². The molecule has 3 aromatic carbocycles. The van der Waals surface area contributed by atoms with Gasteiger partial charge in [0.1, 0.15) is 18.1 Å². The molecular formula is C25H25NO2. The molecule has 0 unspecified atom stereocenters. The Bertz CT molecular complexity index is 927. The van der Waals surface area contributed by atoms with Crippen molar-refractivity contribution in [1.29, 1.82) is 0 Å². The normalized spacial score (nSPS) is 11.5. The van der Waals surface area contributed by atoms with Gasteiger partial charge in [-0.05, 0) is 47.9 Å². The van der Waals surface area contributed by atoms with Crippen LogP contribution in [0.5, 0.6) is 11.5 Å². The zero-order valence-electron chi connectivity index (χ0n) is 16.3. The van der Waals surface area contributed by atoms with Gasteiger partial charge in [0, 0.05) is 18.2 Å². The SMILES string of the molecule is C#CCOc1ccc(CN[C@H](C)c2ccccc2)cc1-c1ccc(OC)cc1. The van der Waals surface area contributed by atoms with Crippen molar-refractivity contribution in [3.05, 3.63) is 83.9 Å². The highest BCUT2D eigenvalue weighted by molar-refractivity contribution is 5.71. The second kappa shape index (κ2) is 9.64. The van der Waals surface area contributed by atoms with Crippen LogP contribution in [-0.4, -0.2) is 13.7 Å². The number of hydrogen-bond acceptors (Lipinski definition) is 3. The quantitative estimate of drug-likeness (QED) is 0.550. The molecule has 0 aliphatic rings. The van der Waals surface area contributed by atoms with E-state index in [1.165, 1.54) is 11.1 Å². The monoisotopic (exact) mass is 371 g/mol. The van der Waals surface area contributed by atoms with E-state index in [4.69, 9.17) is 15.9 Å². The average Bonchev–Trinajstić information content (AvgIpc) is 2.77. The fraction of sp³-hybridized carbons (Fsp3) is 0.200. The lowest BCUT2D eigenvalue weighted by molar-refractivity contribution is 0.371. The molecule has 3 rings (SSSR count). The van der Waals surface area contributed by atoms with Crippen LogP contribution in [0, 0.1) is 12.3 Å². The molecule has 0 spiro atoms. The van der Waals surface area contributed by atoms with Crippen LogP contribution in [0.2, 0.25) is 0 Å². The summed E-state index contributed by atoms with van der Waals surface area (Å²) in [6.07, 6.45) is 5.37. The maximum absolute atomic E-state index is 5.76. The molecule has 0 saturated carbocycles. The fourth-order valence-corrected chi connectivity index (χ4v) is 3.06. The number of rotatable bonds is 8. The molecule has 0 radical (unpaired) electrons. The summed E-state index contributed by atoms with van der Waals surface area (Å²) < 4.78 is 11.0. The Hall–Kier alpha value is -3.22. The van der Waals surface area contributed by atoms with Gasteiger partial charge in [-0.15, -0.1) is 6.42 Å². The Balaban J connectivity index is 1.81. The fourth-order valence-electron chi connectivity index (χ4n) is 3.06. The molecule has 3 nitrogen and oxygen atoms in total. The Morgan fingerprint density at radius 3 is 2.43 bits per heavy atom. The van der Waals surface area contributed by atoms with Crippen molar-refractivity contribution in [2.24, 2.45) is 0 Å². The van der Waals surface area contributed by atoms with Crippen LogP contribution in [0.15, 0.2) is 72.8 Å². The highest BCUT2D eigenvalue weighted by atomic mass is 16.5. The number of methoxy groups -OCH3 is 1. The van der Waals surface area contributed by atoms with Crippen molar-refractivity contribution in [1.82, 2.24) is 5.32 Å². The molecule has 3 aromatic rings. The second-order valence-corrected chi connectivity index (χ2v) is 6.57. The summed E-state index contributed by atoms with van der Waals surface area (Å²) in [5, 5.41) is 3.58. The molecule has 0 fully saturated rings. The Labute approximate surface area is 167 Å². The molecule has 0 saturated heterocycles. The molecule has 0 aromatic heterocycles. The summed E-state index contributed by atoms with van der Waals surface area (Å²) in [6.45, 7) is 3.17. The van der Waals surface area contributed by atoms with Crippen molar-refractivity contribution < 1.29 is 9.47 Å². The minimum atomic E-state index is 0.242. The number of hydrogen-bond donors (Lipinski definition) is 1. The lowest BCUT2D eigenvalue weighted by Gasteiger charge is -2.16. The third kappa shape index (κ3) is 4.94. The molecular weight excluding hydrogens is 346 g/mol. The number of ether oxygens (including phenoxy) is 2. The van der Waals surface area contributed by atoms with E-state index in [1.54, 1.807) is 7.11 Å². The average molecular weight is 371 g/mol. The summed E-state index contributed by atoms with van der Waals surface area (Å²) in [5.74, 6) is 4.14. The molecule has 0 aliphatic heterocycles. The van der Waals surface area contributed by atoms with Gasteiger partial charge < -0.3 is 14.8 Å². The minimum Gasteiger partial charge on any atom is -0.497 e. The van der Waals surface area contributed by atoms with Gasteiger partial charge in [-0.25, -0.2) is 0 Å². The lowest BCUT2D eigenvalue weighted by atomic mass is 10.0. The molecule has 3 heteroatoms. The number of benzene rings is 3. The highest BCUT2D eigenvalue weighted by Gasteiger charge is 2.10. The molecule has 0 heterocycles. The smallest absolute Gasteiger partial charge is 0.148 e. The highest BCUT2D eigenvalue weighted by Crippen LogP contribution is 2.32. The van der Waals surface area contributed by atoms with Gasteiger partial charge in [0.05, 0.1) is 7.11 Å². The Kier molecular flexibility index (Phi) is 6.73. The van der Waals surface area contributed by atoms with E-state index in [0.717, 1.165) is 29.2 Å². The van der Waals surface area contributed by atoms with Crippen LogP contribution in [0.1, 0.15) is 24.1 Å². The summed E-state index contributed by atoms with van der Waals surface area (Å²) in [7, 11) is 1.66. The van der Waals surface area contributed by atoms with Crippen molar-refractivity contribution in [2.75, 3.05) is 13.7 Å². The summed E-state index contributed by atoms with van der Waals surface area (Å²) >= 11 is 0. The van der Waals surface area contributed by atoms with E-state index >= 15 is 0 Å². The number of terminal acetylenes is 1. The molecule has 1 atom stereocenters. The topological polar surface area (TPSA) is 30.5 Å². The van der Waals surface area contributed by atoms with Gasteiger partial charge >= 0.3 is 0 Å². The second-order valence-electron chi connectivity index (χ2n) is 6.57. The maximum atomic E-state index is 5.76. The van der Waals surface area contributed by atoms with Crippen molar-refractivity contribution >= 4 is 0 Å². The van der Waals surface area contributed by atoms with Crippen molar-refractivity contribution in [3.8, 4) is 35.0 Å². The van der Waals surface area contributed by atoms with E-state index in [2.05, 4.69) is 54.6 Å². The molecule has 0 aliphatic carbocycles. The third-order valence-electron chi connectivity index (χ3n) is 4.67. The van der Waals surface area contributed by atoms with E-state index in [0.29, 0.717) is 0 Å². The molecule has 28 heavy (non-hydrogen) atoms. The number of nitrogens with one attached hydrogen (secondary N) is 1. The van der Waals surface area contributed by atoms with Crippen molar-refractivity contribution in [3.63, 3.8) is 0 Å². The van der Waals surface area contributed by atoms with Crippen LogP contribution in [0.4, 0.5) is 0 Å². The predicted octanol–water partition coefficient (Wildman–Crippen LogP) is 5.23. The van der Waals surface area contributed by atoms with Gasteiger partial charge in [0.25, 0.3) is 0 Å². The van der Waals surface area contributed by atoms with Crippen LogP contribution >= 0.6 is 0 Å². The summed E-state index contributed by atoms with van der Waals surface area (Å²) in [4.78, 5) is 0. The van der Waals surface area contributed by atoms with Gasteiger partial charge in [-0.2, -0.15) is 0 Å². The zero-order chi connectivity index (χ0) is 19.8. The molecule has 0 bridgehead atoms. The summed E-state index contributed by atoms with van der Waals surface area (Å²) in [5.41, 5.74) is 4.53. The Morgan fingerprint density at radius 2 is 1.75 bits per heavy atom. The van der Waals surface area contributed by atoms with Crippen molar-refractivity contribution in [2.45, 2.75) is 19.5 Å². The molecule has 1 N–H and O–H groups in total. The van der Waals surface area contributed by atoms with Crippen LogP contribution in [0.3, 0.4) is 0 Å². The standard InChI is InChI=1S/C25H25NO2/c1-4-16-28-25-15-10-20(18-26-19(2)21-8-6-5-7-9-21)17-24(25)22-11-13-23(27-3)14-12-22/h1,5-15,17,19,26H,16,18H2,2-3H3/t19-/m1/s1. The molecule has 142 valence electrons. The van der Waals surface area contributed by atoms with E-state index in [1.807, 2.05) is 36.4 Å². The lowest BCUT2D eigenvalue weighted by Crippen LogP contribution is -2.18. The van der Waals surface area contributed by atoms with Gasteiger partial charge in [-0.3, -0.25) is 0 Å². The van der Waals surface area contributed by atoms with Crippen LogP contribution in [-0.2, 0) is 6.54 Å². The molecule has 0 amide bonds. The third-order valence-corrected chi connectivity index (χ3v) is 4.67. The van der Waals surface area contributed by atoms with E-state index in [-0.39, 0.29) is 12.6 Å². The van der Waals surface area contributed by atoms with Gasteiger partial charge in [-0.1, -0.05) is 54.5 Å². The zero-order valence-corrected chi connectivity index (χ0v) is 16.3. The summed E-state index contributed by atoms with van der Waals surface area (Å²) in [6, 6.07) is 24.9. The maximum Gasteiger partial charge on any atom is 0.148 e. The first-order valence-electron chi connectivity index (χ1n) is 9.33. The van der Waals surface area contributed by atoms with E-state index < -0.39 is 0 Å². The van der Waals surface area contributed by atoms with Gasteiger partial charge in [0.15, 0.2) is 0 Å². The van der Waals surface area contributed by atoms with E-state index in [9.17, 15) is 0 Å². The van der Waals surface area contributed by atoms with Gasteiger partial charge in [0.2, 0.25) is 0 Å². The first-order chi connectivity index (χ1) is 13.7. The first-order valence-corrected chi connectivity index (χ1v) is 9.33.